The molecule has 0 aliphatic heterocycles. The van der Waals surface area contributed by atoms with Crippen molar-refractivity contribution in [2.24, 2.45) is 29.1 Å². The monoisotopic (exact) mass is 516 g/mol. The van der Waals surface area contributed by atoms with Crippen molar-refractivity contribution in [3.05, 3.63) is 34.9 Å². The van der Waals surface area contributed by atoms with Crippen molar-refractivity contribution in [2.45, 2.75) is 90.6 Å². The van der Waals surface area contributed by atoms with E-state index in [0.29, 0.717) is 17.6 Å². The average molecular weight is 517 g/mol. The van der Waals surface area contributed by atoms with E-state index in [1.807, 2.05) is 20.8 Å². The maximum absolute atomic E-state index is 13.2. The van der Waals surface area contributed by atoms with Crippen LogP contribution in [0, 0.1) is 29.1 Å². The molecule has 0 aromatic carbocycles. The van der Waals surface area contributed by atoms with Gasteiger partial charge in [0.25, 0.3) is 0 Å². The first-order valence-electron chi connectivity index (χ1n) is 13.2. The molecule has 0 unspecified atom stereocenters. The van der Waals surface area contributed by atoms with E-state index >= 15 is 0 Å². The third-order valence-corrected chi connectivity index (χ3v) is 9.34. The van der Waals surface area contributed by atoms with Crippen molar-refractivity contribution in [3.8, 4) is 0 Å². The number of aliphatic hydroxyl groups is 3. The number of rotatable bonds is 6. The predicted molar refractivity (Wildman–Crippen MR) is 135 cm³/mol. The second-order valence-corrected chi connectivity index (χ2v) is 12.2. The highest BCUT2D eigenvalue weighted by molar-refractivity contribution is 6.04. The van der Waals surface area contributed by atoms with Crippen molar-refractivity contribution >= 4 is 17.7 Å². The molecule has 8 atom stereocenters. The van der Waals surface area contributed by atoms with Crippen LogP contribution in [0.25, 0.3) is 0 Å². The van der Waals surface area contributed by atoms with Crippen molar-refractivity contribution in [3.63, 3.8) is 0 Å². The van der Waals surface area contributed by atoms with Crippen LogP contribution in [-0.4, -0.2) is 62.6 Å². The van der Waals surface area contributed by atoms with Gasteiger partial charge in [0.1, 0.15) is 11.7 Å². The molecule has 4 aliphatic rings. The second kappa shape index (κ2) is 8.89. The van der Waals surface area contributed by atoms with E-state index in [9.17, 15) is 29.7 Å². The van der Waals surface area contributed by atoms with Gasteiger partial charge < -0.3 is 24.8 Å². The summed E-state index contributed by atoms with van der Waals surface area (Å²) in [4.78, 5) is 39.0. The van der Waals surface area contributed by atoms with Crippen molar-refractivity contribution in [1.29, 1.82) is 0 Å². The summed E-state index contributed by atoms with van der Waals surface area (Å²) < 4.78 is 12.2. The normalized spacial score (nSPS) is 41.2. The van der Waals surface area contributed by atoms with Gasteiger partial charge in [0.2, 0.25) is 0 Å². The minimum absolute atomic E-state index is 0.121. The Morgan fingerprint density at radius 2 is 1.84 bits per heavy atom. The van der Waals surface area contributed by atoms with Crippen LogP contribution in [0.4, 0.5) is 0 Å². The lowest BCUT2D eigenvalue weighted by Crippen LogP contribution is -2.66. The molecule has 3 N–H and O–H groups in total. The molecular weight excluding hydrogens is 476 g/mol. The summed E-state index contributed by atoms with van der Waals surface area (Å²) in [5.41, 5.74) is -4.10. The Kier molecular flexibility index (Phi) is 6.66. The standard InChI is InChI=1S/C29H40O8/c1-8-9-21(31)37-29-23(26(29,6)7)19-12-18(14-30)13-27(34)20(11-16(4)24(27)33)28(19,35)17(5)25(29)36-22(32)10-15(2)3/h10-12,17,19-20,23,25,30,34-35H,8-9,13-14H2,1-7H3/t17-,19+,20-,23-,25-,27-,28-,29-/m1/s1. The summed E-state index contributed by atoms with van der Waals surface area (Å²) in [7, 11) is 0. The van der Waals surface area contributed by atoms with Crippen LogP contribution in [0.5, 0.6) is 0 Å². The summed E-state index contributed by atoms with van der Waals surface area (Å²) in [6.07, 6.45) is 4.34. The number of hydrogen-bond acceptors (Lipinski definition) is 8. The fourth-order valence-electron chi connectivity index (χ4n) is 7.66. The highest BCUT2D eigenvalue weighted by Crippen LogP contribution is 2.77. The van der Waals surface area contributed by atoms with Crippen LogP contribution in [0.1, 0.15) is 67.7 Å². The van der Waals surface area contributed by atoms with Crippen LogP contribution in [0.3, 0.4) is 0 Å². The van der Waals surface area contributed by atoms with E-state index < -0.39 is 76.3 Å². The Morgan fingerprint density at radius 1 is 1.19 bits per heavy atom. The quantitative estimate of drug-likeness (QED) is 0.279. The van der Waals surface area contributed by atoms with Crippen LogP contribution < -0.4 is 0 Å². The molecule has 4 aliphatic carbocycles. The van der Waals surface area contributed by atoms with Gasteiger partial charge in [-0.25, -0.2) is 4.79 Å². The first kappa shape index (κ1) is 27.7. The molecule has 204 valence electrons. The van der Waals surface area contributed by atoms with E-state index in [1.54, 1.807) is 39.8 Å². The molecule has 4 rings (SSSR count). The van der Waals surface area contributed by atoms with Crippen LogP contribution in [-0.2, 0) is 23.9 Å². The van der Waals surface area contributed by atoms with E-state index in [2.05, 4.69) is 0 Å². The lowest BCUT2D eigenvalue weighted by Gasteiger charge is -2.53. The Balaban J connectivity index is 1.93. The molecule has 8 nitrogen and oxygen atoms in total. The highest BCUT2D eigenvalue weighted by atomic mass is 16.6. The van der Waals surface area contributed by atoms with Gasteiger partial charge in [-0.2, -0.15) is 0 Å². The molecule has 0 heterocycles. The fraction of sp³-hybridized carbons (Fsp3) is 0.690. The second-order valence-electron chi connectivity index (χ2n) is 12.2. The van der Waals surface area contributed by atoms with Crippen LogP contribution in [0.2, 0.25) is 0 Å². The molecule has 37 heavy (non-hydrogen) atoms. The van der Waals surface area contributed by atoms with E-state index in [0.717, 1.165) is 5.57 Å². The highest BCUT2D eigenvalue weighted by Gasteiger charge is 2.87. The molecule has 0 saturated heterocycles. The molecule has 0 spiro atoms. The SMILES string of the molecule is CCCC(=O)O[C@@]12[C@H](OC(=O)C=C(C)C)[C@@H](C)[C@@]3(O)[C@@H](C=C(CO)C[C@]4(O)C(=O)C(C)=C[C@@H]34)[C@@H]1C2(C)C. The van der Waals surface area contributed by atoms with Crippen molar-refractivity contribution < 1.29 is 39.2 Å². The zero-order valence-electron chi connectivity index (χ0n) is 22.8. The summed E-state index contributed by atoms with van der Waals surface area (Å²) >= 11 is 0. The Labute approximate surface area is 218 Å². The van der Waals surface area contributed by atoms with Crippen LogP contribution in [0.15, 0.2) is 34.9 Å². The lowest BCUT2D eigenvalue weighted by molar-refractivity contribution is -0.227. The van der Waals surface area contributed by atoms with Gasteiger partial charge in [-0.1, -0.05) is 45.4 Å². The molecular formula is C29H40O8. The van der Waals surface area contributed by atoms with Gasteiger partial charge in [0.05, 0.1) is 12.2 Å². The van der Waals surface area contributed by atoms with E-state index in [4.69, 9.17) is 9.47 Å². The van der Waals surface area contributed by atoms with Gasteiger partial charge in [-0.05, 0) is 38.3 Å². The molecule has 0 aromatic heterocycles. The molecule has 0 radical (unpaired) electrons. The van der Waals surface area contributed by atoms with Gasteiger partial charge in [-0.3, -0.25) is 9.59 Å². The number of aliphatic hydroxyl groups excluding tert-OH is 1. The zero-order chi connectivity index (χ0) is 27.7. The lowest BCUT2D eigenvalue weighted by atomic mass is 9.59. The maximum atomic E-state index is 13.2. The number of ketones is 1. The maximum Gasteiger partial charge on any atom is 0.331 e. The minimum Gasteiger partial charge on any atom is -0.455 e. The number of carbonyl (C=O) groups is 3. The Hall–Kier alpha value is -2.29. The molecule has 2 saturated carbocycles. The van der Waals surface area contributed by atoms with Gasteiger partial charge in [0.15, 0.2) is 11.4 Å². The molecule has 8 heteroatoms. The average Bonchev–Trinajstić information content (AvgIpc) is 3.22. The van der Waals surface area contributed by atoms with Crippen molar-refractivity contribution in [1.82, 2.24) is 0 Å². The number of carbonyl (C=O) groups excluding carboxylic acids is 3. The van der Waals surface area contributed by atoms with Crippen LogP contribution >= 0.6 is 0 Å². The molecule has 0 aromatic rings. The van der Waals surface area contributed by atoms with Crippen molar-refractivity contribution in [2.75, 3.05) is 6.61 Å². The summed E-state index contributed by atoms with van der Waals surface area (Å²) in [6, 6.07) is 0. The number of ether oxygens (including phenoxy) is 2. The number of allylic oxidation sites excluding steroid dienone is 1. The third kappa shape index (κ3) is 3.70. The number of esters is 2. The summed E-state index contributed by atoms with van der Waals surface area (Å²) in [6.45, 7) is 12.2. The molecule has 0 amide bonds. The van der Waals surface area contributed by atoms with Gasteiger partial charge in [0, 0.05) is 48.0 Å². The molecule has 0 bridgehead atoms. The Bertz CT molecular complexity index is 1110. The minimum atomic E-state index is -1.94. The predicted octanol–water partition coefficient (Wildman–Crippen LogP) is 2.80. The summed E-state index contributed by atoms with van der Waals surface area (Å²) in [5, 5.41) is 34.5. The number of fused-ring (bicyclic) bond motifs is 5. The first-order chi connectivity index (χ1) is 17.1. The smallest absolute Gasteiger partial charge is 0.331 e. The largest absolute Gasteiger partial charge is 0.455 e. The zero-order valence-corrected chi connectivity index (χ0v) is 22.8. The van der Waals surface area contributed by atoms with Gasteiger partial charge >= 0.3 is 11.9 Å². The fourth-order valence-corrected chi connectivity index (χ4v) is 7.66. The third-order valence-electron chi connectivity index (χ3n) is 9.34. The van der Waals surface area contributed by atoms with Gasteiger partial charge in [-0.15, -0.1) is 0 Å². The van der Waals surface area contributed by atoms with E-state index in [1.165, 1.54) is 6.08 Å². The molecule has 2 fully saturated rings. The first-order valence-corrected chi connectivity index (χ1v) is 13.2. The number of Topliss-reactive ketones (excluding diaryl/α,β-unsaturated/α-hetero) is 1. The topological polar surface area (TPSA) is 130 Å². The summed E-state index contributed by atoms with van der Waals surface area (Å²) in [5.74, 6) is -4.52. The number of hydrogen-bond donors (Lipinski definition) is 3. The van der Waals surface area contributed by atoms with E-state index in [-0.39, 0.29) is 12.8 Å². The Morgan fingerprint density at radius 3 is 2.41 bits per heavy atom.